The number of carbonyl (C=O) groups excluding carboxylic acids is 2. The Bertz CT molecular complexity index is 666. The zero-order valence-electron chi connectivity index (χ0n) is 15.7. The molecule has 3 heteroatoms. The van der Waals surface area contributed by atoms with E-state index in [9.17, 15) is 9.59 Å². The molecule has 0 saturated heterocycles. The summed E-state index contributed by atoms with van der Waals surface area (Å²) in [5.41, 5.74) is 3.76. The van der Waals surface area contributed by atoms with Crippen molar-refractivity contribution in [3.05, 3.63) is 58.3 Å². The van der Waals surface area contributed by atoms with Crippen molar-refractivity contribution >= 4 is 11.6 Å². The fourth-order valence-electron chi connectivity index (χ4n) is 2.93. The van der Waals surface area contributed by atoms with Crippen molar-refractivity contribution in [3.8, 4) is 0 Å². The van der Waals surface area contributed by atoms with Crippen LogP contribution in [0.2, 0.25) is 0 Å². The van der Waals surface area contributed by atoms with Crippen LogP contribution in [-0.4, -0.2) is 18.6 Å². The predicted molar refractivity (Wildman–Crippen MR) is 100 cm³/mol. The van der Waals surface area contributed by atoms with Crippen LogP contribution in [-0.2, 0) is 0 Å². The zero-order chi connectivity index (χ0) is 18.3. The van der Waals surface area contributed by atoms with Crippen molar-refractivity contribution in [1.82, 2.24) is 5.32 Å². The molecule has 0 heterocycles. The molecule has 130 valence electrons. The number of rotatable bonds is 4. The van der Waals surface area contributed by atoms with Gasteiger partial charge in [-0.1, -0.05) is 50.6 Å². The largest absolute Gasteiger partial charge is 0.394 e. The van der Waals surface area contributed by atoms with Crippen LogP contribution in [0.5, 0.6) is 0 Å². The van der Waals surface area contributed by atoms with E-state index in [-0.39, 0.29) is 11.6 Å². The van der Waals surface area contributed by atoms with Gasteiger partial charge in [0.2, 0.25) is 0 Å². The number of carbonyl (C=O) groups is 2. The SMILES string of the molecule is CCC1=C(C)C(=O)c2ccccc2C1=O.CN/C=C(\C)CC(C)C. The van der Waals surface area contributed by atoms with Crippen molar-refractivity contribution in [3.63, 3.8) is 0 Å². The second kappa shape index (κ2) is 9.21. The summed E-state index contributed by atoms with van der Waals surface area (Å²) in [5, 5.41) is 3.01. The first-order valence-corrected chi connectivity index (χ1v) is 8.54. The second-order valence-electron chi connectivity index (χ2n) is 6.54. The maximum absolute atomic E-state index is 12.0. The highest BCUT2D eigenvalue weighted by Gasteiger charge is 2.27. The highest BCUT2D eigenvalue weighted by atomic mass is 16.1. The van der Waals surface area contributed by atoms with E-state index in [1.165, 1.54) is 12.0 Å². The summed E-state index contributed by atoms with van der Waals surface area (Å²) < 4.78 is 0. The molecule has 1 aromatic rings. The summed E-state index contributed by atoms with van der Waals surface area (Å²) in [7, 11) is 1.93. The average Bonchev–Trinajstić information content (AvgIpc) is 2.53. The lowest BCUT2D eigenvalue weighted by Gasteiger charge is -2.17. The Morgan fingerprint density at radius 1 is 1.12 bits per heavy atom. The fraction of sp³-hybridized carbons (Fsp3) is 0.429. The third-order valence-corrected chi connectivity index (χ3v) is 3.96. The highest BCUT2D eigenvalue weighted by molar-refractivity contribution is 6.26. The van der Waals surface area contributed by atoms with E-state index >= 15 is 0 Å². The Morgan fingerprint density at radius 2 is 1.67 bits per heavy atom. The van der Waals surface area contributed by atoms with Gasteiger partial charge >= 0.3 is 0 Å². The van der Waals surface area contributed by atoms with Crippen molar-refractivity contribution in [2.24, 2.45) is 5.92 Å². The molecule has 1 N–H and O–H groups in total. The van der Waals surface area contributed by atoms with Crippen LogP contribution in [0.3, 0.4) is 0 Å². The first-order chi connectivity index (χ1) is 11.3. The number of benzene rings is 1. The van der Waals surface area contributed by atoms with E-state index in [0.717, 1.165) is 5.92 Å². The minimum absolute atomic E-state index is 0.00481. The minimum atomic E-state index is -0.0120. The molecule has 0 amide bonds. The molecule has 24 heavy (non-hydrogen) atoms. The van der Waals surface area contributed by atoms with Gasteiger partial charge in [-0.2, -0.15) is 0 Å². The number of ketones is 2. The number of hydrogen-bond donors (Lipinski definition) is 1. The first kappa shape index (κ1) is 19.9. The van der Waals surface area contributed by atoms with Crippen molar-refractivity contribution < 1.29 is 9.59 Å². The van der Waals surface area contributed by atoms with Gasteiger partial charge < -0.3 is 5.32 Å². The summed E-state index contributed by atoms with van der Waals surface area (Å²) in [4.78, 5) is 23.9. The lowest BCUT2D eigenvalue weighted by atomic mass is 9.84. The maximum Gasteiger partial charge on any atom is 0.190 e. The van der Waals surface area contributed by atoms with E-state index in [1.807, 2.05) is 14.0 Å². The smallest absolute Gasteiger partial charge is 0.190 e. The third-order valence-electron chi connectivity index (χ3n) is 3.96. The molecule has 1 aliphatic carbocycles. The molecular formula is C21H29NO2. The molecule has 0 atom stereocenters. The standard InChI is InChI=1S/C13H12O2.C8H17N/c1-3-9-8(2)12(14)10-6-4-5-7-11(10)13(9)15;1-7(2)5-8(3)6-9-4/h4-7H,3H2,1-2H3;6-7,9H,5H2,1-4H3/b;8-6+. The Hall–Kier alpha value is -2.16. The van der Waals surface area contributed by atoms with Gasteiger partial charge in [-0.15, -0.1) is 0 Å². The van der Waals surface area contributed by atoms with E-state index in [1.54, 1.807) is 31.2 Å². The molecule has 0 saturated carbocycles. The highest BCUT2D eigenvalue weighted by Crippen LogP contribution is 2.27. The Morgan fingerprint density at radius 3 is 2.12 bits per heavy atom. The number of Topliss-reactive ketones (excluding diaryl/α,β-unsaturated/α-hetero) is 2. The summed E-state index contributed by atoms with van der Waals surface area (Å²) in [5.74, 6) is 0.766. The van der Waals surface area contributed by atoms with Crippen LogP contribution in [0.1, 0.15) is 68.2 Å². The first-order valence-electron chi connectivity index (χ1n) is 8.54. The number of nitrogens with one attached hydrogen (secondary N) is 1. The topological polar surface area (TPSA) is 46.2 Å². The number of hydrogen-bond acceptors (Lipinski definition) is 3. The van der Waals surface area contributed by atoms with Gasteiger partial charge in [0.1, 0.15) is 0 Å². The quantitative estimate of drug-likeness (QED) is 0.851. The Labute approximate surface area is 145 Å². The predicted octanol–water partition coefficient (Wildman–Crippen LogP) is 4.95. The van der Waals surface area contributed by atoms with Crippen LogP contribution in [0.15, 0.2) is 47.2 Å². The molecule has 0 unspecified atom stereocenters. The summed E-state index contributed by atoms with van der Waals surface area (Å²) in [6.45, 7) is 10.2. The van der Waals surface area contributed by atoms with Gasteiger partial charge in [0.25, 0.3) is 0 Å². The zero-order valence-corrected chi connectivity index (χ0v) is 15.7. The van der Waals surface area contributed by atoms with Crippen molar-refractivity contribution in [1.29, 1.82) is 0 Å². The van der Waals surface area contributed by atoms with Crippen LogP contribution < -0.4 is 5.32 Å². The van der Waals surface area contributed by atoms with Gasteiger partial charge in [-0.05, 0) is 38.8 Å². The molecule has 3 nitrogen and oxygen atoms in total. The number of allylic oxidation sites excluding steroid dienone is 3. The number of fused-ring (bicyclic) bond motifs is 1. The summed E-state index contributed by atoms with van der Waals surface area (Å²) in [6, 6.07) is 7.01. The van der Waals surface area contributed by atoms with Gasteiger partial charge in [0.05, 0.1) is 0 Å². The van der Waals surface area contributed by atoms with Crippen molar-refractivity contribution in [2.45, 2.75) is 47.5 Å². The van der Waals surface area contributed by atoms with Crippen LogP contribution in [0.4, 0.5) is 0 Å². The van der Waals surface area contributed by atoms with Gasteiger partial charge in [-0.25, -0.2) is 0 Å². The average molecular weight is 327 g/mol. The Balaban J connectivity index is 0.000000277. The van der Waals surface area contributed by atoms with E-state index in [4.69, 9.17) is 0 Å². The third kappa shape index (κ3) is 4.92. The summed E-state index contributed by atoms with van der Waals surface area (Å²) in [6.07, 6.45) is 3.87. The normalized spacial score (nSPS) is 14.4. The van der Waals surface area contributed by atoms with Crippen LogP contribution in [0, 0.1) is 5.92 Å². The molecule has 2 rings (SSSR count). The molecule has 0 radical (unpaired) electrons. The summed E-state index contributed by atoms with van der Waals surface area (Å²) >= 11 is 0. The molecule has 1 aliphatic rings. The minimum Gasteiger partial charge on any atom is -0.394 e. The van der Waals surface area contributed by atoms with E-state index in [2.05, 4.69) is 32.3 Å². The molecular weight excluding hydrogens is 298 g/mol. The Kier molecular flexibility index (Phi) is 7.63. The van der Waals surface area contributed by atoms with Crippen molar-refractivity contribution in [2.75, 3.05) is 7.05 Å². The van der Waals surface area contributed by atoms with Gasteiger partial charge in [-0.3, -0.25) is 9.59 Å². The monoisotopic (exact) mass is 327 g/mol. The van der Waals surface area contributed by atoms with Crippen LogP contribution in [0.25, 0.3) is 0 Å². The molecule has 0 fully saturated rings. The van der Waals surface area contributed by atoms with Crippen LogP contribution >= 0.6 is 0 Å². The molecule has 0 aromatic heterocycles. The lowest BCUT2D eigenvalue weighted by molar-refractivity contribution is 0.0972. The van der Waals surface area contributed by atoms with E-state index in [0.29, 0.717) is 28.7 Å². The lowest BCUT2D eigenvalue weighted by Crippen LogP contribution is -2.20. The molecule has 0 spiro atoms. The fourth-order valence-corrected chi connectivity index (χ4v) is 2.93. The van der Waals surface area contributed by atoms with Gasteiger partial charge in [0, 0.05) is 29.3 Å². The van der Waals surface area contributed by atoms with Gasteiger partial charge in [0.15, 0.2) is 11.6 Å². The second-order valence-corrected chi connectivity index (χ2v) is 6.54. The molecule has 1 aromatic carbocycles. The maximum atomic E-state index is 12.0. The van der Waals surface area contributed by atoms with E-state index < -0.39 is 0 Å². The molecule has 0 bridgehead atoms. The molecule has 0 aliphatic heterocycles.